The van der Waals surface area contributed by atoms with Crippen molar-refractivity contribution in [2.75, 3.05) is 0 Å². The first-order chi connectivity index (χ1) is 9.71. The highest BCUT2D eigenvalue weighted by Gasteiger charge is 2.51. The molecule has 0 spiro atoms. The Morgan fingerprint density at radius 1 is 1.05 bits per heavy atom. The highest BCUT2D eigenvalue weighted by Crippen LogP contribution is 2.48. The van der Waals surface area contributed by atoms with Gasteiger partial charge in [-0.2, -0.15) is 0 Å². The molecule has 1 aromatic carbocycles. The lowest BCUT2D eigenvalue weighted by Crippen LogP contribution is -2.41. The number of carbonyl (C=O) groups excluding carboxylic acids is 1. The van der Waals surface area contributed by atoms with E-state index in [1.165, 1.54) is 25.7 Å². The molecule has 20 heavy (non-hydrogen) atoms. The van der Waals surface area contributed by atoms with Crippen LogP contribution in [0.25, 0.3) is 0 Å². The van der Waals surface area contributed by atoms with Gasteiger partial charge in [0.1, 0.15) is 0 Å². The summed E-state index contributed by atoms with van der Waals surface area (Å²) in [6.07, 6.45) is 9.34. The molecule has 1 aromatic rings. The molecule has 2 aliphatic rings. The fourth-order valence-electron chi connectivity index (χ4n) is 3.29. The molecule has 0 unspecified atom stereocenters. The summed E-state index contributed by atoms with van der Waals surface area (Å²) in [7, 11) is 0. The Hall–Kier alpha value is -1.02. The van der Waals surface area contributed by atoms with Crippen LogP contribution in [-0.4, -0.2) is 11.9 Å². The summed E-state index contributed by atoms with van der Waals surface area (Å²) in [4.78, 5) is 12.6. The second-order valence-electron chi connectivity index (χ2n) is 6.25. The Balaban J connectivity index is 1.68. The number of amides is 1. The maximum Gasteiger partial charge on any atom is 0.230 e. The molecule has 0 radical (unpaired) electrons. The van der Waals surface area contributed by atoms with E-state index in [0.717, 1.165) is 36.3 Å². The minimum absolute atomic E-state index is 0.228. The zero-order chi connectivity index (χ0) is 14.0. The van der Waals surface area contributed by atoms with E-state index in [1.54, 1.807) is 0 Å². The first kappa shape index (κ1) is 13.9. The van der Waals surface area contributed by atoms with Gasteiger partial charge in [0.25, 0.3) is 0 Å². The quantitative estimate of drug-likeness (QED) is 0.831. The van der Waals surface area contributed by atoms with E-state index in [0.29, 0.717) is 6.04 Å². The minimum atomic E-state index is -0.267. The lowest BCUT2D eigenvalue weighted by atomic mass is 9.94. The third kappa shape index (κ3) is 2.85. The number of halogens is 1. The highest BCUT2D eigenvalue weighted by atomic mass is 35.5. The summed E-state index contributed by atoms with van der Waals surface area (Å²) < 4.78 is 0. The standard InChI is InChI=1S/C17H22ClNO/c18-14-9-7-13(8-10-14)17(11-12-17)16(20)19-15-5-3-1-2-4-6-15/h7-10,15H,1-6,11-12H2,(H,19,20). The van der Waals surface area contributed by atoms with Crippen LogP contribution in [0.2, 0.25) is 5.02 Å². The zero-order valence-electron chi connectivity index (χ0n) is 11.8. The van der Waals surface area contributed by atoms with E-state index < -0.39 is 0 Å². The predicted molar refractivity (Wildman–Crippen MR) is 82.0 cm³/mol. The van der Waals surface area contributed by atoms with Gasteiger partial charge in [-0.15, -0.1) is 0 Å². The van der Waals surface area contributed by atoms with Gasteiger partial charge in [-0.3, -0.25) is 4.79 Å². The minimum Gasteiger partial charge on any atom is -0.353 e. The van der Waals surface area contributed by atoms with Gasteiger partial charge < -0.3 is 5.32 Å². The van der Waals surface area contributed by atoms with E-state index in [9.17, 15) is 4.79 Å². The largest absolute Gasteiger partial charge is 0.353 e. The molecule has 1 N–H and O–H groups in total. The van der Waals surface area contributed by atoms with E-state index in [2.05, 4.69) is 5.32 Å². The molecule has 0 bridgehead atoms. The van der Waals surface area contributed by atoms with Crippen LogP contribution in [0.4, 0.5) is 0 Å². The van der Waals surface area contributed by atoms with Gasteiger partial charge in [-0.05, 0) is 43.4 Å². The van der Waals surface area contributed by atoms with Crippen LogP contribution in [0.15, 0.2) is 24.3 Å². The second-order valence-corrected chi connectivity index (χ2v) is 6.69. The van der Waals surface area contributed by atoms with Crippen LogP contribution in [0.3, 0.4) is 0 Å². The summed E-state index contributed by atoms with van der Waals surface area (Å²) >= 11 is 5.93. The molecular formula is C17H22ClNO. The van der Waals surface area contributed by atoms with Gasteiger partial charge in [0, 0.05) is 11.1 Å². The maximum atomic E-state index is 12.6. The van der Waals surface area contributed by atoms with Crippen molar-refractivity contribution >= 4 is 17.5 Å². The topological polar surface area (TPSA) is 29.1 Å². The van der Waals surface area contributed by atoms with Crippen molar-refractivity contribution in [2.45, 2.75) is 62.8 Å². The fraction of sp³-hybridized carbons (Fsp3) is 0.588. The molecule has 2 fully saturated rings. The van der Waals surface area contributed by atoms with Crippen LogP contribution in [0.5, 0.6) is 0 Å². The summed E-state index contributed by atoms with van der Waals surface area (Å²) in [6.45, 7) is 0. The molecular weight excluding hydrogens is 270 g/mol. The summed E-state index contributed by atoms with van der Waals surface area (Å²) in [5.74, 6) is 0.228. The molecule has 108 valence electrons. The summed E-state index contributed by atoms with van der Waals surface area (Å²) in [6, 6.07) is 8.16. The van der Waals surface area contributed by atoms with E-state index in [-0.39, 0.29) is 11.3 Å². The van der Waals surface area contributed by atoms with Crippen LogP contribution < -0.4 is 5.32 Å². The van der Waals surface area contributed by atoms with E-state index >= 15 is 0 Å². The monoisotopic (exact) mass is 291 g/mol. The second kappa shape index (κ2) is 5.77. The normalized spacial score (nSPS) is 22.1. The molecule has 2 aliphatic carbocycles. The predicted octanol–water partition coefficient (Wildman–Crippen LogP) is 4.21. The van der Waals surface area contributed by atoms with Crippen LogP contribution >= 0.6 is 11.6 Å². The molecule has 0 heterocycles. The fourth-order valence-corrected chi connectivity index (χ4v) is 3.41. The smallest absolute Gasteiger partial charge is 0.230 e. The average molecular weight is 292 g/mol. The lowest BCUT2D eigenvalue weighted by Gasteiger charge is -2.21. The summed E-state index contributed by atoms with van der Waals surface area (Å²) in [5, 5.41) is 4.03. The van der Waals surface area contributed by atoms with Crippen molar-refractivity contribution in [3.05, 3.63) is 34.9 Å². The van der Waals surface area contributed by atoms with Crippen LogP contribution in [0, 0.1) is 0 Å². The number of benzene rings is 1. The first-order valence-corrected chi connectivity index (χ1v) is 8.15. The molecule has 0 aliphatic heterocycles. The Morgan fingerprint density at radius 2 is 1.65 bits per heavy atom. The molecule has 2 saturated carbocycles. The van der Waals surface area contributed by atoms with Gasteiger partial charge in [0.15, 0.2) is 0 Å². The number of carbonyl (C=O) groups is 1. The van der Waals surface area contributed by atoms with Crippen molar-refractivity contribution < 1.29 is 4.79 Å². The maximum absolute atomic E-state index is 12.6. The van der Waals surface area contributed by atoms with Crippen LogP contribution in [-0.2, 0) is 10.2 Å². The lowest BCUT2D eigenvalue weighted by molar-refractivity contribution is -0.124. The zero-order valence-corrected chi connectivity index (χ0v) is 12.6. The Morgan fingerprint density at radius 3 is 2.20 bits per heavy atom. The van der Waals surface area contributed by atoms with Crippen molar-refractivity contribution in [3.8, 4) is 0 Å². The third-order valence-corrected chi connectivity index (χ3v) is 5.02. The average Bonchev–Trinajstić information content (AvgIpc) is 3.24. The Labute approximate surface area is 125 Å². The van der Waals surface area contributed by atoms with Gasteiger partial charge in [0.2, 0.25) is 5.91 Å². The Kier molecular flexibility index (Phi) is 4.02. The van der Waals surface area contributed by atoms with Crippen molar-refractivity contribution in [1.29, 1.82) is 0 Å². The number of nitrogens with one attached hydrogen (secondary N) is 1. The molecule has 3 heteroatoms. The SMILES string of the molecule is O=C(NC1CCCCCC1)C1(c2ccc(Cl)cc2)CC1. The van der Waals surface area contributed by atoms with Crippen molar-refractivity contribution in [1.82, 2.24) is 5.32 Å². The number of rotatable bonds is 3. The molecule has 0 aromatic heterocycles. The first-order valence-electron chi connectivity index (χ1n) is 7.78. The van der Waals surface area contributed by atoms with E-state index in [4.69, 9.17) is 11.6 Å². The van der Waals surface area contributed by atoms with Gasteiger partial charge in [-0.25, -0.2) is 0 Å². The number of hydrogen-bond donors (Lipinski definition) is 1. The number of hydrogen-bond acceptors (Lipinski definition) is 1. The van der Waals surface area contributed by atoms with Gasteiger partial charge in [0.05, 0.1) is 5.41 Å². The van der Waals surface area contributed by atoms with Crippen LogP contribution in [0.1, 0.15) is 56.9 Å². The Bertz CT molecular complexity index is 470. The van der Waals surface area contributed by atoms with Crippen molar-refractivity contribution in [2.24, 2.45) is 0 Å². The molecule has 0 saturated heterocycles. The van der Waals surface area contributed by atoms with Gasteiger partial charge in [-0.1, -0.05) is 49.4 Å². The molecule has 3 rings (SSSR count). The molecule has 0 atom stereocenters. The van der Waals surface area contributed by atoms with E-state index in [1.807, 2.05) is 24.3 Å². The van der Waals surface area contributed by atoms with Crippen molar-refractivity contribution in [3.63, 3.8) is 0 Å². The highest BCUT2D eigenvalue weighted by molar-refractivity contribution is 6.30. The van der Waals surface area contributed by atoms with Gasteiger partial charge >= 0.3 is 0 Å². The third-order valence-electron chi connectivity index (χ3n) is 4.77. The molecule has 2 nitrogen and oxygen atoms in total. The summed E-state index contributed by atoms with van der Waals surface area (Å²) in [5.41, 5.74) is 0.852. The molecule has 1 amide bonds.